The molecule has 0 amide bonds. The SMILES string of the molecule is C=CC(=O)OCCCCOc1ccc(C(=O)Oc2ccc3ccccc3c2-c2c(OC(=O)c3ccc(OCCCCOC(=O)C=C)cc3)ccc3ccccc23)cc1. The van der Waals surface area contributed by atoms with E-state index in [2.05, 4.69) is 13.2 Å². The van der Waals surface area contributed by atoms with E-state index >= 15 is 0 Å². The smallest absolute Gasteiger partial charge is 0.343 e. The van der Waals surface area contributed by atoms with E-state index < -0.39 is 23.9 Å². The summed E-state index contributed by atoms with van der Waals surface area (Å²) in [6.07, 6.45) is 4.88. The van der Waals surface area contributed by atoms with Crippen molar-refractivity contribution >= 4 is 45.4 Å². The number of unbranched alkanes of at least 4 members (excludes halogenated alkanes) is 2. The summed E-state index contributed by atoms with van der Waals surface area (Å²) in [5, 5.41) is 3.39. The molecule has 58 heavy (non-hydrogen) atoms. The van der Waals surface area contributed by atoms with E-state index in [0.29, 0.717) is 72.6 Å². The molecular formula is C48H42O10. The summed E-state index contributed by atoms with van der Waals surface area (Å²) in [7, 11) is 0. The van der Waals surface area contributed by atoms with Crippen molar-refractivity contribution in [1.29, 1.82) is 0 Å². The predicted molar refractivity (Wildman–Crippen MR) is 221 cm³/mol. The van der Waals surface area contributed by atoms with Gasteiger partial charge in [0.2, 0.25) is 0 Å². The number of hydrogen-bond donors (Lipinski definition) is 0. The van der Waals surface area contributed by atoms with Crippen LogP contribution in [0.2, 0.25) is 0 Å². The molecule has 0 atom stereocenters. The van der Waals surface area contributed by atoms with Crippen LogP contribution in [0.15, 0.2) is 147 Å². The maximum absolute atomic E-state index is 13.7. The summed E-state index contributed by atoms with van der Waals surface area (Å²) in [4.78, 5) is 49.8. The third-order valence-corrected chi connectivity index (χ3v) is 9.05. The maximum Gasteiger partial charge on any atom is 0.343 e. The number of carbonyl (C=O) groups is 4. The Hall–Kier alpha value is -7.20. The number of carbonyl (C=O) groups excluding carboxylic acids is 4. The van der Waals surface area contributed by atoms with E-state index in [1.54, 1.807) is 60.7 Å². The average molecular weight is 779 g/mol. The minimum absolute atomic E-state index is 0.282. The molecule has 10 nitrogen and oxygen atoms in total. The highest BCUT2D eigenvalue weighted by Crippen LogP contribution is 2.46. The van der Waals surface area contributed by atoms with Gasteiger partial charge in [0.15, 0.2) is 0 Å². The van der Waals surface area contributed by atoms with Gasteiger partial charge in [0, 0.05) is 23.3 Å². The summed E-state index contributed by atoms with van der Waals surface area (Å²) in [6.45, 7) is 8.14. The van der Waals surface area contributed by atoms with Crippen LogP contribution in [-0.4, -0.2) is 50.3 Å². The summed E-state index contributed by atoms with van der Waals surface area (Å²) >= 11 is 0. The lowest BCUT2D eigenvalue weighted by Gasteiger charge is -2.19. The van der Waals surface area contributed by atoms with E-state index in [1.165, 1.54) is 0 Å². The molecule has 0 aliphatic carbocycles. The zero-order valence-corrected chi connectivity index (χ0v) is 31.9. The van der Waals surface area contributed by atoms with Gasteiger partial charge in [-0.05, 0) is 108 Å². The molecule has 0 saturated carbocycles. The fourth-order valence-electron chi connectivity index (χ4n) is 6.13. The zero-order chi connectivity index (χ0) is 40.7. The molecule has 0 fully saturated rings. The highest BCUT2D eigenvalue weighted by Gasteiger charge is 2.23. The molecule has 10 heteroatoms. The second-order valence-electron chi connectivity index (χ2n) is 13.0. The van der Waals surface area contributed by atoms with Crippen molar-refractivity contribution in [3.8, 4) is 34.1 Å². The van der Waals surface area contributed by atoms with Gasteiger partial charge in [0.25, 0.3) is 0 Å². The van der Waals surface area contributed by atoms with Gasteiger partial charge in [0.1, 0.15) is 23.0 Å². The van der Waals surface area contributed by atoms with Crippen LogP contribution >= 0.6 is 0 Å². The number of benzene rings is 6. The van der Waals surface area contributed by atoms with Gasteiger partial charge in [-0.2, -0.15) is 0 Å². The van der Waals surface area contributed by atoms with Crippen molar-refractivity contribution in [1.82, 2.24) is 0 Å². The van der Waals surface area contributed by atoms with Crippen molar-refractivity contribution in [2.75, 3.05) is 26.4 Å². The first-order valence-electron chi connectivity index (χ1n) is 18.9. The minimum Gasteiger partial charge on any atom is -0.494 e. The fraction of sp³-hybridized carbons (Fsp3) is 0.167. The van der Waals surface area contributed by atoms with Gasteiger partial charge in [-0.1, -0.05) is 73.8 Å². The molecule has 0 N–H and O–H groups in total. The lowest BCUT2D eigenvalue weighted by molar-refractivity contribution is -0.138. The Morgan fingerprint density at radius 1 is 0.448 bits per heavy atom. The Morgan fingerprint density at radius 3 is 1.22 bits per heavy atom. The zero-order valence-electron chi connectivity index (χ0n) is 31.9. The first-order valence-corrected chi connectivity index (χ1v) is 18.9. The number of esters is 4. The Morgan fingerprint density at radius 2 is 0.828 bits per heavy atom. The molecule has 0 aliphatic rings. The molecule has 0 spiro atoms. The van der Waals surface area contributed by atoms with E-state index in [1.807, 2.05) is 60.7 Å². The Balaban J connectivity index is 1.21. The summed E-state index contributed by atoms with van der Waals surface area (Å²) < 4.78 is 33.9. The van der Waals surface area contributed by atoms with E-state index in [4.69, 9.17) is 28.4 Å². The normalized spacial score (nSPS) is 10.7. The molecule has 0 saturated heterocycles. The van der Waals surface area contributed by atoms with Crippen LogP contribution < -0.4 is 18.9 Å². The highest BCUT2D eigenvalue weighted by molar-refractivity contribution is 6.11. The van der Waals surface area contributed by atoms with Crippen LogP contribution in [0.1, 0.15) is 46.4 Å². The predicted octanol–water partition coefficient (Wildman–Crippen LogP) is 9.87. The lowest BCUT2D eigenvalue weighted by Crippen LogP contribution is -2.11. The monoisotopic (exact) mass is 778 g/mol. The molecule has 0 aliphatic heterocycles. The van der Waals surface area contributed by atoms with Crippen LogP contribution in [-0.2, 0) is 19.1 Å². The standard InChI is InChI=1S/C48H42O10/c1-3-43(49)55-31-11-9-29-53-37-23-17-35(18-24-37)47(51)57-41-27-21-33-13-5-7-15-39(33)45(41)46-40-16-8-6-14-34(40)22-28-42(46)58-48(52)36-19-25-38(26-20-36)54-30-10-12-32-56-44(50)4-2/h3-8,13-28H,1-2,9-12,29-32H2. The molecule has 0 aromatic heterocycles. The topological polar surface area (TPSA) is 124 Å². The maximum atomic E-state index is 13.7. The first-order chi connectivity index (χ1) is 28.3. The van der Waals surface area contributed by atoms with Crippen molar-refractivity contribution in [2.45, 2.75) is 25.7 Å². The van der Waals surface area contributed by atoms with Crippen molar-refractivity contribution in [3.63, 3.8) is 0 Å². The molecular weight excluding hydrogens is 737 g/mol. The van der Waals surface area contributed by atoms with E-state index in [-0.39, 0.29) is 24.7 Å². The van der Waals surface area contributed by atoms with Crippen molar-refractivity contribution in [2.24, 2.45) is 0 Å². The number of fused-ring (bicyclic) bond motifs is 2. The van der Waals surface area contributed by atoms with Gasteiger partial charge < -0.3 is 28.4 Å². The van der Waals surface area contributed by atoms with Crippen LogP contribution in [0.3, 0.4) is 0 Å². The second kappa shape index (κ2) is 20.1. The molecule has 294 valence electrons. The molecule has 6 aromatic carbocycles. The first kappa shape index (κ1) is 40.5. The van der Waals surface area contributed by atoms with Crippen LogP contribution in [0, 0.1) is 0 Å². The quantitative estimate of drug-likeness (QED) is 0.0340. The van der Waals surface area contributed by atoms with Crippen molar-refractivity contribution in [3.05, 3.63) is 158 Å². The van der Waals surface area contributed by atoms with Gasteiger partial charge >= 0.3 is 23.9 Å². The second-order valence-corrected chi connectivity index (χ2v) is 13.0. The van der Waals surface area contributed by atoms with Crippen molar-refractivity contribution < 1.29 is 47.6 Å². The molecule has 0 bridgehead atoms. The van der Waals surface area contributed by atoms with Gasteiger partial charge in [-0.25, -0.2) is 19.2 Å². The molecule has 6 aromatic rings. The average Bonchev–Trinajstić information content (AvgIpc) is 3.26. The summed E-state index contributed by atoms with van der Waals surface area (Å²) in [5.74, 6) is -0.339. The molecule has 0 heterocycles. The van der Waals surface area contributed by atoms with Crippen LogP contribution in [0.5, 0.6) is 23.0 Å². The number of rotatable bonds is 19. The third-order valence-electron chi connectivity index (χ3n) is 9.05. The number of ether oxygens (including phenoxy) is 6. The van der Waals surface area contributed by atoms with Crippen LogP contribution in [0.25, 0.3) is 32.7 Å². The highest BCUT2D eigenvalue weighted by atomic mass is 16.5. The summed E-state index contributed by atoms with van der Waals surface area (Å²) in [6, 6.07) is 36.1. The van der Waals surface area contributed by atoms with Crippen LogP contribution in [0.4, 0.5) is 0 Å². The number of hydrogen-bond acceptors (Lipinski definition) is 10. The fourth-order valence-corrected chi connectivity index (χ4v) is 6.13. The lowest BCUT2D eigenvalue weighted by atomic mass is 9.92. The van der Waals surface area contributed by atoms with E-state index in [9.17, 15) is 19.2 Å². The molecule has 0 radical (unpaired) electrons. The molecule has 0 unspecified atom stereocenters. The third kappa shape index (κ3) is 10.6. The molecule has 6 rings (SSSR count). The van der Waals surface area contributed by atoms with Gasteiger partial charge in [-0.15, -0.1) is 0 Å². The van der Waals surface area contributed by atoms with Gasteiger partial charge in [0.05, 0.1) is 37.6 Å². The Bertz CT molecular complexity index is 2240. The largest absolute Gasteiger partial charge is 0.494 e. The minimum atomic E-state index is -0.579. The Kier molecular flexibility index (Phi) is 14.0. The Labute approximate surface area is 336 Å². The van der Waals surface area contributed by atoms with E-state index in [0.717, 1.165) is 33.7 Å². The van der Waals surface area contributed by atoms with Gasteiger partial charge in [-0.3, -0.25) is 0 Å². The summed E-state index contributed by atoms with van der Waals surface area (Å²) in [5.41, 5.74) is 1.81.